The van der Waals surface area contributed by atoms with E-state index in [9.17, 15) is 9.59 Å². The van der Waals surface area contributed by atoms with Gasteiger partial charge in [0.2, 0.25) is 5.91 Å². The second kappa shape index (κ2) is 7.59. The first kappa shape index (κ1) is 17.5. The van der Waals surface area contributed by atoms with Gasteiger partial charge in [-0.05, 0) is 49.4 Å². The van der Waals surface area contributed by atoms with Gasteiger partial charge in [-0.3, -0.25) is 9.59 Å². The van der Waals surface area contributed by atoms with Crippen LogP contribution in [-0.4, -0.2) is 38.1 Å². The number of carbonyl (C=O) groups excluding carboxylic acids is 2. The number of hydrogen-bond acceptors (Lipinski definition) is 3. The van der Waals surface area contributed by atoms with Gasteiger partial charge >= 0.3 is 0 Å². The summed E-state index contributed by atoms with van der Waals surface area (Å²) in [5, 5.41) is 2.90. The van der Waals surface area contributed by atoms with E-state index in [1.807, 2.05) is 17.0 Å². The maximum atomic E-state index is 12.2. The summed E-state index contributed by atoms with van der Waals surface area (Å²) in [6.45, 7) is 7.03. The Bertz CT molecular complexity index is 586. The van der Waals surface area contributed by atoms with Crippen LogP contribution in [-0.2, 0) is 16.0 Å². The fraction of sp³-hybridized carbons (Fsp3) is 0.556. The van der Waals surface area contributed by atoms with E-state index >= 15 is 0 Å². The number of rotatable bonds is 5. The summed E-state index contributed by atoms with van der Waals surface area (Å²) in [5.74, 6) is 0.332. The van der Waals surface area contributed by atoms with Crippen LogP contribution in [0, 0.1) is 5.92 Å². The maximum Gasteiger partial charge on any atom is 0.251 e. The summed E-state index contributed by atoms with van der Waals surface area (Å²) in [4.78, 5) is 26.0. The Morgan fingerprint density at radius 2 is 2.09 bits per heavy atom. The van der Waals surface area contributed by atoms with E-state index in [4.69, 9.17) is 4.74 Å². The van der Waals surface area contributed by atoms with Crippen LogP contribution >= 0.6 is 0 Å². The normalized spacial score (nSPS) is 20.1. The topological polar surface area (TPSA) is 58.6 Å². The Morgan fingerprint density at radius 3 is 2.74 bits per heavy atom. The van der Waals surface area contributed by atoms with Crippen LogP contribution in [0.3, 0.4) is 0 Å². The fourth-order valence-electron chi connectivity index (χ4n) is 3.09. The lowest BCUT2D eigenvalue weighted by molar-refractivity contribution is -0.117. The van der Waals surface area contributed by atoms with Gasteiger partial charge in [-0.1, -0.05) is 6.92 Å². The molecule has 0 unspecified atom stereocenters. The van der Waals surface area contributed by atoms with Crippen molar-refractivity contribution in [1.82, 2.24) is 5.32 Å². The molecule has 2 rings (SSSR count). The summed E-state index contributed by atoms with van der Waals surface area (Å²) >= 11 is 0. The average Bonchev–Trinajstić information content (AvgIpc) is 2.51. The second-order valence-electron chi connectivity index (χ2n) is 6.26. The Hall–Kier alpha value is -1.88. The van der Waals surface area contributed by atoms with Crippen molar-refractivity contribution >= 4 is 17.5 Å². The van der Waals surface area contributed by atoms with Gasteiger partial charge in [0, 0.05) is 44.5 Å². The molecule has 0 radical (unpaired) electrons. The van der Waals surface area contributed by atoms with Crippen LogP contribution in [0.25, 0.3) is 0 Å². The minimum Gasteiger partial charge on any atom is -0.385 e. The number of methoxy groups -OCH3 is 1. The number of benzene rings is 1. The first-order valence-electron chi connectivity index (χ1n) is 8.15. The highest BCUT2D eigenvalue weighted by Crippen LogP contribution is 2.34. The fourth-order valence-corrected chi connectivity index (χ4v) is 3.09. The zero-order valence-corrected chi connectivity index (χ0v) is 14.4. The van der Waals surface area contributed by atoms with Gasteiger partial charge in [-0.25, -0.2) is 0 Å². The standard InChI is InChI=1S/C18H26N2O3/c1-12-10-16-11-15(18(22)19-8-5-9-23-4)6-7-17(16)20(13(12)2)14(3)21/h6-7,11-13H,5,8-10H2,1-4H3,(H,19,22)/t12-,13+/m1/s1. The molecule has 2 atom stereocenters. The molecule has 1 heterocycles. The highest BCUT2D eigenvalue weighted by atomic mass is 16.5. The lowest BCUT2D eigenvalue weighted by Crippen LogP contribution is -2.45. The molecule has 0 fully saturated rings. The quantitative estimate of drug-likeness (QED) is 0.848. The molecule has 5 heteroatoms. The van der Waals surface area contributed by atoms with Gasteiger partial charge in [-0.15, -0.1) is 0 Å². The molecule has 0 spiro atoms. The van der Waals surface area contributed by atoms with Crippen molar-refractivity contribution in [1.29, 1.82) is 0 Å². The monoisotopic (exact) mass is 318 g/mol. The van der Waals surface area contributed by atoms with Gasteiger partial charge < -0.3 is 15.0 Å². The number of hydrogen-bond donors (Lipinski definition) is 1. The van der Waals surface area contributed by atoms with E-state index in [1.165, 1.54) is 0 Å². The number of fused-ring (bicyclic) bond motifs is 1. The molecular weight excluding hydrogens is 292 g/mol. The third-order valence-corrected chi connectivity index (χ3v) is 4.52. The van der Waals surface area contributed by atoms with Crippen molar-refractivity contribution < 1.29 is 14.3 Å². The third kappa shape index (κ3) is 3.91. The molecular formula is C18H26N2O3. The van der Waals surface area contributed by atoms with E-state index in [0.29, 0.717) is 24.6 Å². The predicted molar refractivity (Wildman–Crippen MR) is 90.8 cm³/mol. The number of anilines is 1. The Kier molecular flexibility index (Phi) is 5.77. The van der Waals surface area contributed by atoms with E-state index < -0.39 is 0 Å². The smallest absolute Gasteiger partial charge is 0.251 e. The molecule has 0 aliphatic carbocycles. The Labute approximate surface area is 138 Å². The molecule has 1 N–H and O–H groups in total. The van der Waals surface area contributed by atoms with E-state index in [0.717, 1.165) is 24.1 Å². The molecule has 126 valence electrons. The van der Waals surface area contributed by atoms with Gasteiger partial charge in [-0.2, -0.15) is 0 Å². The van der Waals surface area contributed by atoms with Crippen molar-refractivity contribution in [3.63, 3.8) is 0 Å². The first-order chi connectivity index (χ1) is 11.0. The molecule has 1 aliphatic heterocycles. The number of nitrogens with one attached hydrogen (secondary N) is 1. The Morgan fingerprint density at radius 1 is 1.35 bits per heavy atom. The number of ether oxygens (including phenoxy) is 1. The van der Waals surface area contributed by atoms with Crippen LogP contribution in [0.4, 0.5) is 5.69 Å². The third-order valence-electron chi connectivity index (χ3n) is 4.52. The minimum absolute atomic E-state index is 0.0436. The molecule has 1 aromatic carbocycles. The van der Waals surface area contributed by atoms with Crippen molar-refractivity contribution in [2.45, 2.75) is 39.7 Å². The van der Waals surface area contributed by atoms with Gasteiger partial charge in [0.25, 0.3) is 5.91 Å². The van der Waals surface area contributed by atoms with Crippen LogP contribution in [0.2, 0.25) is 0 Å². The van der Waals surface area contributed by atoms with Crippen LogP contribution in [0.15, 0.2) is 18.2 Å². The lowest BCUT2D eigenvalue weighted by Gasteiger charge is -2.39. The number of amides is 2. The summed E-state index contributed by atoms with van der Waals surface area (Å²) in [6, 6.07) is 5.78. The largest absolute Gasteiger partial charge is 0.385 e. The maximum absolute atomic E-state index is 12.2. The van der Waals surface area contributed by atoms with Crippen molar-refractivity contribution in [2.75, 3.05) is 25.2 Å². The molecule has 5 nitrogen and oxygen atoms in total. The summed E-state index contributed by atoms with van der Waals surface area (Å²) in [7, 11) is 1.65. The molecule has 2 amide bonds. The molecule has 23 heavy (non-hydrogen) atoms. The van der Waals surface area contributed by atoms with E-state index in [-0.39, 0.29) is 17.9 Å². The zero-order chi connectivity index (χ0) is 17.0. The average molecular weight is 318 g/mol. The minimum atomic E-state index is -0.0791. The SMILES string of the molecule is COCCCNC(=O)c1ccc2c(c1)C[C@@H](C)[C@H](C)N2C(C)=O. The second-order valence-corrected chi connectivity index (χ2v) is 6.26. The van der Waals surface area contributed by atoms with Crippen molar-refractivity contribution in [3.8, 4) is 0 Å². The number of nitrogens with zero attached hydrogens (tertiary/aromatic N) is 1. The van der Waals surface area contributed by atoms with Crippen LogP contribution in [0.1, 0.15) is 43.1 Å². The van der Waals surface area contributed by atoms with Crippen LogP contribution in [0.5, 0.6) is 0 Å². The summed E-state index contributed by atoms with van der Waals surface area (Å²) in [5.41, 5.74) is 2.64. The van der Waals surface area contributed by atoms with Crippen molar-refractivity contribution in [3.05, 3.63) is 29.3 Å². The highest BCUT2D eigenvalue weighted by Gasteiger charge is 2.31. The van der Waals surface area contributed by atoms with Crippen molar-refractivity contribution in [2.24, 2.45) is 5.92 Å². The van der Waals surface area contributed by atoms with Gasteiger partial charge in [0.05, 0.1) is 0 Å². The Balaban J connectivity index is 2.17. The molecule has 0 saturated carbocycles. The highest BCUT2D eigenvalue weighted by molar-refractivity contribution is 5.97. The lowest BCUT2D eigenvalue weighted by atomic mass is 9.87. The summed E-state index contributed by atoms with van der Waals surface area (Å²) < 4.78 is 4.97. The molecule has 0 aromatic heterocycles. The van der Waals surface area contributed by atoms with E-state index in [2.05, 4.69) is 19.2 Å². The molecule has 1 aromatic rings. The van der Waals surface area contributed by atoms with Gasteiger partial charge in [0.15, 0.2) is 0 Å². The van der Waals surface area contributed by atoms with E-state index in [1.54, 1.807) is 20.1 Å². The molecule has 1 aliphatic rings. The summed E-state index contributed by atoms with van der Waals surface area (Å²) in [6.07, 6.45) is 1.67. The van der Waals surface area contributed by atoms with Crippen LogP contribution < -0.4 is 10.2 Å². The molecule has 0 saturated heterocycles. The first-order valence-corrected chi connectivity index (χ1v) is 8.15. The molecule has 0 bridgehead atoms. The predicted octanol–water partition coefficient (Wildman–Crippen LogP) is 2.39. The number of carbonyl (C=O) groups is 2. The van der Waals surface area contributed by atoms with Gasteiger partial charge in [0.1, 0.15) is 0 Å². The zero-order valence-electron chi connectivity index (χ0n) is 14.4.